The molecule has 0 amide bonds. The van der Waals surface area contributed by atoms with Crippen molar-refractivity contribution >= 4 is 26.6 Å². The molecule has 52 heavy (non-hydrogen) atoms. The molecule has 272 valence electrons. The molecule has 4 aromatic carbocycles. The van der Waals surface area contributed by atoms with E-state index in [0.29, 0.717) is 35.8 Å². The van der Waals surface area contributed by atoms with E-state index in [2.05, 4.69) is 46.4 Å². The van der Waals surface area contributed by atoms with Crippen LogP contribution in [-0.2, 0) is 16.5 Å². The number of ether oxygens (including phenoxy) is 6. The van der Waals surface area contributed by atoms with Gasteiger partial charge in [-0.05, 0) is 60.9 Å². The van der Waals surface area contributed by atoms with Crippen LogP contribution >= 0.6 is 0 Å². The Morgan fingerprint density at radius 2 is 1.52 bits per heavy atom. The van der Waals surface area contributed by atoms with Gasteiger partial charge in [0.05, 0.1) is 19.1 Å². The van der Waals surface area contributed by atoms with Gasteiger partial charge in [0.1, 0.15) is 36.9 Å². The number of fused-ring (bicyclic) bond motifs is 3. The molecule has 12 heteroatoms. The third kappa shape index (κ3) is 7.99. The zero-order chi connectivity index (χ0) is 36.2. The van der Waals surface area contributed by atoms with Crippen LogP contribution in [0.4, 0.5) is 0 Å². The highest BCUT2D eigenvalue weighted by molar-refractivity contribution is 7.85. The highest BCUT2D eigenvalue weighted by Crippen LogP contribution is 2.37. The van der Waals surface area contributed by atoms with Crippen LogP contribution in [0.1, 0.15) is 23.1 Å². The summed E-state index contributed by atoms with van der Waals surface area (Å²) in [4.78, 5) is 5.70. The molecule has 0 spiro atoms. The molecule has 4 heterocycles. The van der Waals surface area contributed by atoms with E-state index in [1.54, 1.807) is 44.6 Å². The van der Waals surface area contributed by atoms with E-state index in [1.807, 2.05) is 25.1 Å². The number of hydrogen-bond donors (Lipinski definition) is 2. The standard InChI is InChI=1S/C23H24N2O3.C17H18O6S/c1-26-17-6-7-22-23(12-17)28-18(15-27-22)14-25-10-8-16(9-11-25)20-13-24-21-5-3-2-4-19(20)21;1-11-3-6-17(24(18,19)20)12(7-11)8-14-10-22-15-5-4-13(21-2)9-16(15)23-14/h2-8,12-13,18,24H,9-11,14-15H2,1H3;3-7,9,14H,8,10H2,1-2H3,(H,18,19,20)/t;14-/m.1/s1. The molecule has 3 aliphatic heterocycles. The number of nitrogens with one attached hydrogen (secondary N) is 1. The van der Waals surface area contributed by atoms with Crippen molar-refractivity contribution < 1.29 is 41.4 Å². The Morgan fingerprint density at radius 3 is 2.17 bits per heavy atom. The zero-order valence-corrected chi connectivity index (χ0v) is 30.1. The molecule has 1 aromatic heterocycles. The molecule has 0 fully saturated rings. The Kier molecular flexibility index (Phi) is 10.3. The number of aromatic nitrogens is 1. The van der Waals surface area contributed by atoms with Crippen LogP contribution in [0.3, 0.4) is 0 Å². The number of aromatic amines is 1. The van der Waals surface area contributed by atoms with Crippen molar-refractivity contribution in [2.75, 3.05) is 47.1 Å². The lowest BCUT2D eigenvalue weighted by molar-refractivity contribution is 0.0613. The second-order valence-corrected chi connectivity index (χ2v) is 14.4. The van der Waals surface area contributed by atoms with Crippen LogP contribution in [0.15, 0.2) is 96.0 Å². The quantitative estimate of drug-likeness (QED) is 0.166. The minimum atomic E-state index is -4.29. The summed E-state index contributed by atoms with van der Waals surface area (Å²) in [6.07, 6.45) is 5.48. The topological polar surface area (TPSA) is 129 Å². The minimum Gasteiger partial charge on any atom is -0.497 e. The lowest BCUT2D eigenvalue weighted by Gasteiger charge is -2.33. The average Bonchev–Trinajstić information content (AvgIpc) is 3.58. The first-order valence-electron chi connectivity index (χ1n) is 17.2. The molecular formula is C40H42N2O9S. The van der Waals surface area contributed by atoms with E-state index in [0.717, 1.165) is 48.9 Å². The molecule has 0 saturated carbocycles. The molecular weight excluding hydrogens is 685 g/mol. The number of nitrogens with zero attached hydrogens (tertiary/aromatic N) is 1. The van der Waals surface area contributed by atoms with E-state index in [4.69, 9.17) is 28.4 Å². The number of benzene rings is 4. The summed E-state index contributed by atoms with van der Waals surface area (Å²) >= 11 is 0. The van der Waals surface area contributed by atoms with Crippen LogP contribution in [0.5, 0.6) is 34.5 Å². The molecule has 8 rings (SSSR count). The summed E-state index contributed by atoms with van der Waals surface area (Å²) < 4.78 is 66.6. The van der Waals surface area contributed by atoms with Gasteiger partial charge in [-0.2, -0.15) is 8.42 Å². The zero-order valence-electron chi connectivity index (χ0n) is 29.3. The molecule has 2 atom stereocenters. The predicted molar refractivity (Wildman–Crippen MR) is 198 cm³/mol. The molecule has 0 aliphatic carbocycles. The first-order chi connectivity index (χ1) is 25.2. The fourth-order valence-corrected chi connectivity index (χ4v) is 7.46. The highest BCUT2D eigenvalue weighted by Gasteiger charge is 2.27. The molecule has 1 unspecified atom stereocenters. The molecule has 0 saturated heterocycles. The number of aryl methyl sites for hydroxylation is 1. The van der Waals surface area contributed by atoms with E-state index >= 15 is 0 Å². The fourth-order valence-electron chi connectivity index (χ4n) is 6.75. The van der Waals surface area contributed by atoms with Crippen LogP contribution in [-0.4, -0.2) is 82.1 Å². The number of rotatable bonds is 8. The first-order valence-corrected chi connectivity index (χ1v) is 18.6. The summed E-state index contributed by atoms with van der Waals surface area (Å²) in [5, 5.41) is 1.30. The maximum Gasteiger partial charge on any atom is 0.294 e. The van der Waals surface area contributed by atoms with E-state index in [-0.39, 0.29) is 23.7 Å². The Labute approximate surface area is 303 Å². The van der Waals surface area contributed by atoms with Gasteiger partial charge >= 0.3 is 0 Å². The second kappa shape index (κ2) is 15.2. The first kappa shape index (κ1) is 35.2. The lowest BCUT2D eigenvalue weighted by atomic mass is 9.99. The fraction of sp³-hybridized carbons (Fsp3) is 0.300. The van der Waals surface area contributed by atoms with E-state index in [9.17, 15) is 13.0 Å². The Hall–Kier alpha value is -5.17. The molecule has 0 radical (unpaired) electrons. The number of hydrogen-bond acceptors (Lipinski definition) is 9. The van der Waals surface area contributed by atoms with Gasteiger partial charge in [-0.15, -0.1) is 0 Å². The number of para-hydroxylation sites is 1. The molecule has 0 bridgehead atoms. The smallest absolute Gasteiger partial charge is 0.294 e. The van der Waals surface area contributed by atoms with Crippen LogP contribution in [0.2, 0.25) is 0 Å². The van der Waals surface area contributed by atoms with Crippen molar-refractivity contribution in [3.63, 3.8) is 0 Å². The minimum absolute atomic E-state index is 0.0302. The summed E-state index contributed by atoms with van der Waals surface area (Å²) in [5.74, 6) is 4.15. The van der Waals surface area contributed by atoms with E-state index < -0.39 is 10.1 Å². The molecule has 5 aromatic rings. The maximum absolute atomic E-state index is 11.6. The largest absolute Gasteiger partial charge is 0.497 e. The van der Waals surface area contributed by atoms with Gasteiger partial charge in [-0.1, -0.05) is 42.0 Å². The van der Waals surface area contributed by atoms with Gasteiger partial charge in [-0.3, -0.25) is 9.45 Å². The van der Waals surface area contributed by atoms with Gasteiger partial charge in [0.2, 0.25) is 0 Å². The van der Waals surface area contributed by atoms with Crippen LogP contribution < -0.4 is 28.4 Å². The summed E-state index contributed by atoms with van der Waals surface area (Å²) in [6.45, 7) is 5.53. The second-order valence-electron chi connectivity index (χ2n) is 13.0. The van der Waals surface area contributed by atoms with Gasteiger partial charge < -0.3 is 33.4 Å². The third-order valence-electron chi connectivity index (χ3n) is 9.37. The van der Waals surface area contributed by atoms with Crippen molar-refractivity contribution in [2.45, 2.75) is 36.9 Å². The normalized spacial score (nSPS) is 18.2. The van der Waals surface area contributed by atoms with Crippen LogP contribution in [0.25, 0.3) is 16.5 Å². The molecule has 3 aliphatic rings. The Morgan fingerprint density at radius 1 is 0.846 bits per heavy atom. The SMILES string of the molecule is COc1ccc2c(c1)OC(CN1CC=C(c3c[nH]c4ccccc34)CC1)CO2.COc1ccc2c(c1)O[C@H](Cc1cc(C)ccc1S(=O)(=O)O)CO2. The predicted octanol–water partition coefficient (Wildman–Crippen LogP) is 6.74. The third-order valence-corrected chi connectivity index (χ3v) is 10.3. The summed E-state index contributed by atoms with van der Waals surface area (Å²) in [6, 6.07) is 24.2. The average molecular weight is 727 g/mol. The van der Waals surface area contributed by atoms with Crippen LogP contribution in [0, 0.1) is 6.92 Å². The lowest BCUT2D eigenvalue weighted by Crippen LogP contribution is -2.42. The van der Waals surface area contributed by atoms with Crippen molar-refractivity contribution in [3.8, 4) is 34.5 Å². The highest BCUT2D eigenvalue weighted by atomic mass is 32.2. The number of H-pyrrole nitrogens is 1. The molecule has 11 nitrogen and oxygen atoms in total. The van der Waals surface area contributed by atoms with Gasteiger partial charge in [0.15, 0.2) is 23.0 Å². The van der Waals surface area contributed by atoms with Crippen molar-refractivity contribution in [2.24, 2.45) is 0 Å². The summed E-state index contributed by atoms with van der Waals surface area (Å²) in [5.41, 5.74) is 5.34. The van der Waals surface area contributed by atoms with Gasteiger partial charge in [-0.25, -0.2) is 0 Å². The van der Waals surface area contributed by atoms with Gasteiger partial charge in [0, 0.05) is 60.9 Å². The Bertz CT molecular complexity index is 2200. The van der Waals surface area contributed by atoms with Crippen molar-refractivity contribution in [1.29, 1.82) is 0 Å². The van der Waals surface area contributed by atoms with Crippen molar-refractivity contribution in [1.82, 2.24) is 9.88 Å². The number of methoxy groups -OCH3 is 2. The monoisotopic (exact) mass is 726 g/mol. The maximum atomic E-state index is 11.6. The Balaban J connectivity index is 0.000000164. The summed E-state index contributed by atoms with van der Waals surface area (Å²) in [7, 11) is -1.06. The molecule has 2 N–H and O–H groups in total. The van der Waals surface area contributed by atoms with Crippen molar-refractivity contribution in [3.05, 3.63) is 108 Å². The van der Waals surface area contributed by atoms with E-state index in [1.165, 1.54) is 28.1 Å². The van der Waals surface area contributed by atoms with Gasteiger partial charge in [0.25, 0.3) is 10.1 Å².